The highest BCUT2D eigenvalue weighted by molar-refractivity contribution is 7.99. The number of hydrogen-bond acceptors (Lipinski definition) is 3. The first-order valence-electron chi connectivity index (χ1n) is 6.98. The van der Waals surface area contributed by atoms with Gasteiger partial charge in [0, 0.05) is 6.04 Å². The van der Waals surface area contributed by atoms with E-state index in [0.717, 1.165) is 12.8 Å². The Labute approximate surface area is 118 Å². The molecule has 2 unspecified atom stereocenters. The van der Waals surface area contributed by atoms with Crippen LogP contribution in [0, 0.1) is 0 Å². The first kappa shape index (κ1) is 13.0. The molecule has 4 heteroatoms. The fraction of sp³-hybridized carbons (Fsp3) is 0.533. The number of nitrogens with one attached hydrogen (secondary N) is 1. The van der Waals surface area contributed by atoms with Gasteiger partial charge >= 0.3 is 0 Å². The van der Waals surface area contributed by atoms with Crippen LogP contribution in [0.15, 0.2) is 30.3 Å². The van der Waals surface area contributed by atoms with Gasteiger partial charge in [0.2, 0.25) is 5.91 Å². The van der Waals surface area contributed by atoms with E-state index in [-0.39, 0.29) is 18.1 Å². The molecule has 0 bridgehead atoms. The Bertz CT molecular complexity index is 445. The molecular formula is C15H20N2OS. The molecule has 19 heavy (non-hydrogen) atoms. The van der Waals surface area contributed by atoms with Crippen LogP contribution in [0.5, 0.6) is 0 Å². The van der Waals surface area contributed by atoms with Crippen molar-refractivity contribution < 1.29 is 4.79 Å². The van der Waals surface area contributed by atoms with Crippen LogP contribution in [0.2, 0.25) is 0 Å². The molecule has 2 aliphatic rings. The molecule has 2 saturated heterocycles. The summed E-state index contributed by atoms with van der Waals surface area (Å²) in [5.74, 6) is 2.60. The molecule has 1 N–H and O–H groups in total. The van der Waals surface area contributed by atoms with E-state index in [1.807, 2.05) is 36.9 Å². The molecule has 0 aromatic heterocycles. The van der Waals surface area contributed by atoms with E-state index >= 15 is 0 Å². The normalized spacial score (nSPS) is 28.9. The molecule has 0 radical (unpaired) electrons. The number of nitrogens with zero attached hydrogens (tertiary/aromatic N) is 1. The van der Waals surface area contributed by atoms with Crippen molar-refractivity contribution in [3.63, 3.8) is 0 Å². The summed E-state index contributed by atoms with van der Waals surface area (Å²) in [6.07, 6.45) is 2.29. The summed E-state index contributed by atoms with van der Waals surface area (Å²) in [6.45, 7) is 1.97. The van der Waals surface area contributed by atoms with E-state index in [4.69, 9.17) is 0 Å². The van der Waals surface area contributed by atoms with Gasteiger partial charge in [-0.2, -0.15) is 11.8 Å². The van der Waals surface area contributed by atoms with E-state index in [1.165, 1.54) is 17.1 Å². The van der Waals surface area contributed by atoms with E-state index in [2.05, 4.69) is 22.3 Å². The van der Waals surface area contributed by atoms with E-state index in [9.17, 15) is 4.79 Å². The standard InChI is InChI=1S/C15H20N2OS/c1-11-15(18)17(13-7-9-19-10-8-13)14(16-11)12-5-3-2-4-6-12/h2-6,11,13-14,16H,7-10H2,1H3. The molecule has 2 fully saturated rings. The lowest BCUT2D eigenvalue weighted by Gasteiger charge is -2.35. The quantitative estimate of drug-likeness (QED) is 0.900. The smallest absolute Gasteiger partial charge is 0.241 e. The number of carbonyl (C=O) groups excluding carboxylic acids is 1. The molecule has 1 aromatic carbocycles. The highest BCUT2D eigenvalue weighted by atomic mass is 32.2. The van der Waals surface area contributed by atoms with Crippen LogP contribution in [0.1, 0.15) is 31.5 Å². The van der Waals surface area contributed by atoms with Crippen LogP contribution in [0.25, 0.3) is 0 Å². The number of thioether (sulfide) groups is 1. The van der Waals surface area contributed by atoms with Gasteiger partial charge in [-0.3, -0.25) is 10.1 Å². The molecule has 1 aromatic rings. The predicted octanol–water partition coefficient (Wildman–Crippen LogP) is 2.40. The molecule has 0 saturated carbocycles. The van der Waals surface area contributed by atoms with Crippen molar-refractivity contribution in [2.75, 3.05) is 11.5 Å². The van der Waals surface area contributed by atoms with Crippen LogP contribution < -0.4 is 5.32 Å². The maximum atomic E-state index is 12.4. The first-order chi connectivity index (χ1) is 9.27. The predicted molar refractivity (Wildman–Crippen MR) is 79.0 cm³/mol. The minimum atomic E-state index is -0.0696. The fourth-order valence-electron chi connectivity index (χ4n) is 2.99. The summed E-state index contributed by atoms with van der Waals surface area (Å²) in [5, 5.41) is 3.44. The average molecular weight is 276 g/mol. The summed E-state index contributed by atoms with van der Waals surface area (Å²) in [4.78, 5) is 14.5. The molecule has 3 nitrogen and oxygen atoms in total. The maximum Gasteiger partial charge on any atom is 0.241 e. The van der Waals surface area contributed by atoms with Crippen molar-refractivity contribution in [3.05, 3.63) is 35.9 Å². The van der Waals surface area contributed by atoms with Crippen LogP contribution in [-0.4, -0.2) is 34.4 Å². The monoisotopic (exact) mass is 276 g/mol. The molecule has 0 spiro atoms. The van der Waals surface area contributed by atoms with Gasteiger partial charge in [0.25, 0.3) is 0 Å². The van der Waals surface area contributed by atoms with Crippen molar-refractivity contribution >= 4 is 17.7 Å². The highest BCUT2D eigenvalue weighted by Crippen LogP contribution is 2.32. The largest absolute Gasteiger partial charge is 0.319 e. The minimum absolute atomic E-state index is 0.0526. The van der Waals surface area contributed by atoms with Gasteiger partial charge in [0.05, 0.1) is 6.04 Å². The van der Waals surface area contributed by atoms with Gasteiger partial charge < -0.3 is 4.90 Å². The van der Waals surface area contributed by atoms with Crippen LogP contribution in [0.4, 0.5) is 0 Å². The molecular weight excluding hydrogens is 256 g/mol. The Balaban J connectivity index is 1.87. The topological polar surface area (TPSA) is 32.3 Å². The zero-order valence-electron chi connectivity index (χ0n) is 11.2. The molecule has 102 valence electrons. The third-order valence-corrected chi connectivity index (χ3v) is 5.06. The highest BCUT2D eigenvalue weighted by Gasteiger charge is 2.41. The Hall–Kier alpha value is -1.00. The number of rotatable bonds is 2. The summed E-state index contributed by atoms with van der Waals surface area (Å²) in [5.41, 5.74) is 1.19. The molecule has 0 aliphatic carbocycles. The van der Waals surface area contributed by atoms with Gasteiger partial charge in [-0.25, -0.2) is 0 Å². The van der Waals surface area contributed by atoms with Crippen molar-refractivity contribution in [2.45, 2.75) is 38.0 Å². The van der Waals surface area contributed by atoms with E-state index in [0.29, 0.717) is 6.04 Å². The van der Waals surface area contributed by atoms with Gasteiger partial charge in [0.1, 0.15) is 6.17 Å². The zero-order chi connectivity index (χ0) is 13.2. The van der Waals surface area contributed by atoms with E-state index in [1.54, 1.807) is 0 Å². The van der Waals surface area contributed by atoms with Crippen molar-refractivity contribution in [3.8, 4) is 0 Å². The average Bonchev–Trinajstić information content (AvgIpc) is 2.77. The summed E-state index contributed by atoms with van der Waals surface area (Å²) in [6, 6.07) is 10.6. The number of amides is 1. The first-order valence-corrected chi connectivity index (χ1v) is 8.14. The second-order valence-corrected chi connectivity index (χ2v) is 6.52. The molecule has 2 aliphatic heterocycles. The lowest BCUT2D eigenvalue weighted by atomic mass is 10.1. The van der Waals surface area contributed by atoms with Crippen molar-refractivity contribution in [2.24, 2.45) is 0 Å². The van der Waals surface area contributed by atoms with Gasteiger partial charge in [-0.1, -0.05) is 30.3 Å². The Morgan fingerprint density at radius 1 is 1.21 bits per heavy atom. The van der Waals surface area contributed by atoms with Crippen LogP contribution in [-0.2, 0) is 4.79 Å². The van der Waals surface area contributed by atoms with Crippen LogP contribution >= 0.6 is 11.8 Å². The SMILES string of the molecule is CC1NC(c2ccccc2)N(C2CCSCC2)C1=O. The molecule has 2 heterocycles. The van der Waals surface area contributed by atoms with Crippen molar-refractivity contribution in [1.29, 1.82) is 0 Å². The van der Waals surface area contributed by atoms with Crippen LogP contribution in [0.3, 0.4) is 0 Å². The number of hydrogen-bond donors (Lipinski definition) is 1. The van der Waals surface area contributed by atoms with E-state index < -0.39 is 0 Å². The lowest BCUT2D eigenvalue weighted by molar-refractivity contribution is -0.132. The second-order valence-electron chi connectivity index (χ2n) is 5.29. The minimum Gasteiger partial charge on any atom is -0.319 e. The summed E-state index contributed by atoms with van der Waals surface area (Å²) in [7, 11) is 0. The van der Waals surface area contributed by atoms with Crippen molar-refractivity contribution in [1.82, 2.24) is 10.2 Å². The Morgan fingerprint density at radius 2 is 1.89 bits per heavy atom. The van der Waals surface area contributed by atoms with Gasteiger partial charge in [-0.15, -0.1) is 0 Å². The Morgan fingerprint density at radius 3 is 2.58 bits per heavy atom. The number of benzene rings is 1. The lowest BCUT2D eigenvalue weighted by Crippen LogP contribution is -2.42. The molecule has 2 atom stereocenters. The van der Waals surface area contributed by atoms with Gasteiger partial charge in [-0.05, 0) is 36.8 Å². The summed E-state index contributed by atoms with van der Waals surface area (Å²) >= 11 is 2.00. The van der Waals surface area contributed by atoms with Gasteiger partial charge in [0.15, 0.2) is 0 Å². The second kappa shape index (κ2) is 5.55. The molecule has 1 amide bonds. The maximum absolute atomic E-state index is 12.4. The Kier molecular flexibility index (Phi) is 3.80. The fourth-order valence-corrected chi connectivity index (χ4v) is 4.07. The summed E-state index contributed by atoms with van der Waals surface area (Å²) < 4.78 is 0. The third-order valence-electron chi connectivity index (χ3n) is 4.01. The number of carbonyl (C=O) groups is 1. The molecule has 3 rings (SSSR count). The third kappa shape index (κ3) is 2.51. The zero-order valence-corrected chi connectivity index (χ0v) is 12.0.